The third kappa shape index (κ3) is 2.56. The second-order valence-corrected chi connectivity index (χ2v) is 6.56. The third-order valence-electron chi connectivity index (χ3n) is 3.36. The van der Waals surface area contributed by atoms with Crippen molar-refractivity contribution in [3.05, 3.63) is 23.7 Å². The Morgan fingerprint density at radius 1 is 1.39 bits per heavy atom. The lowest BCUT2D eigenvalue weighted by Gasteiger charge is -2.33. The van der Waals surface area contributed by atoms with Crippen molar-refractivity contribution in [3.63, 3.8) is 0 Å². The van der Waals surface area contributed by atoms with E-state index in [2.05, 4.69) is 13.0 Å². The summed E-state index contributed by atoms with van der Waals surface area (Å²) >= 11 is 0. The van der Waals surface area contributed by atoms with Gasteiger partial charge >= 0.3 is 7.60 Å². The lowest BCUT2D eigenvalue weighted by Crippen LogP contribution is -2.28. The first kappa shape index (κ1) is 13.9. The molecule has 1 aliphatic carbocycles. The zero-order chi connectivity index (χ0) is 13.2. The summed E-state index contributed by atoms with van der Waals surface area (Å²) in [5.41, 5.74) is 0.381. The topological polar surface area (TPSA) is 44.8 Å². The largest absolute Gasteiger partial charge is 0.478 e. The predicted octanol–water partition coefficient (Wildman–Crippen LogP) is 3.70. The number of allylic oxidation sites excluding steroid dienone is 2. The summed E-state index contributed by atoms with van der Waals surface area (Å²) in [4.78, 5) is 0. The molecule has 18 heavy (non-hydrogen) atoms. The second-order valence-electron chi connectivity index (χ2n) is 4.61. The van der Waals surface area contributed by atoms with Gasteiger partial charge < -0.3 is 13.8 Å². The number of fused-ring (bicyclic) bond motifs is 1. The molecule has 0 saturated carbocycles. The van der Waals surface area contributed by atoms with Gasteiger partial charge in [0.25, 0.3) is 0 Å². The van der Waals surface area contributed by atoms with E-state index in [-0.39, 0.29) is 6.10 Å². The van der Waals surface area contributed by atoms with Crippen LogP contribution >= 0.6 is 7.60 Å². The second kappa shape index (κ2) is 5.60. The lowest BCUT2D eigenvalue weighted by molar-refractivity contribution is 0.0753. The van der Waals surface area contributed by atoms with E-state index >= 15 is 0 Å². The first-order chi connectivity index (χ1) is 8.60. The fourth-order valence-corrected chi connectivity index (χ4v) is 4.15. The van der Waals surface area contributed by atoms with Crippen LogP contribution in [0.1, 0.15) is 27.2 Å². The van der Waals surface area contributed by atoms with Gasteiger partial charge in [-0.3, -0.25) is 4.57 Å². The summed E-state index contributed by atoms with van der Waals surface area (Å²) in [5.74, 6) is 0.772. The van der Waals surface area contributed by atoms with Crippen molar-refractivity contribution in [2.75, 3.05) is 13.2 Å². The van der Waals surface area contributed by atoms with Crippen LogP contribution in [0.15, 0.2) is 23.7 Å². The number of ether oxygens (including phenoxy) is 1. The van der Waals surface area contributed by atoms with Crippen molar-refractivity contribution in [3.8, 4) is 0 Å². The summed E-state index contributed by atoms with van der Waals surface area (Å²) in [5, 5.41) is 0. The molecule has 5 heteroatoms. The molecule has 0 amide bonds. The smallest absolute Gasteiger partial charge is 0.395 e. The molecule has 0 N–H and O–H groups in total. The molecular weight excluding hydrogens is 251 g/mol. The molecule has 3 atom stereocenters. The number of hydrogen-bond donors (Lipinski definition) is 0. The Labute approximate surface area is 109 Å². The first-order valence-electron chi connectivity index (χ1n) is 6.55. The van der Waals surface area contributed by atoms with Crippen molar-refractivity contribution in [1.29, 1.82) is 0 Å². The highest BCUT2D eigenvalue weighted by Crippen LogP contribution is 2.59. The minimum atomic E-state index is -3.28. The van der Waals surface area contributed by atoms with Crippen LogP contribution in [-0.4, -0.2) is 19.3 Å². The van der Waals surface area contributed by atoms with E-state index in [0.29, 0.717) is 30.5 Å². The van der Waals surface area contributed by atoms with Crippen LogP contribution in [0, 0.1) is 11.8 Å². The molecular formula is C13H21O4P. The lowest BCUT2D eigenvalue weighted by atomic mass is 9.89. The van der Waals surface area contributed by atoms with Crippen LogP contribution < -0.4 is 0 Å². The molecule has 0 unspecified atom stereocenters. The van der Waals surface area contributed by atoms with Crippen molar-refractivity contribution >= 4 is 7.60 Å². The quantitative estimate of drug-likeness (QED) is 0.565. The molecule has 0 aromatic carbocycles. The summed E-state index contributed by atoms with van der Waals surface area (Å²) in [6, 6.07) is 0. The Morgan fingerprint density at radius 3 is 2.67 bits per heavy atom. The van der Waals surface area contributed by atoms with Gasteiger partial charge in [0.05, 0.1) is 13.2 Å². The van der Waals surface area contributed by atoms with Crippen molar-refractivity contribution in [2.45, 2.75) is 33.3 Å². The maximum atomic E-state index is 12.6. The number of hydrogen-bond acceptors (Lipinski definition) is 4. The predicted molar refractivity (Wildman–Crippen MR) is 70.2 cm³/mol. The molecule has 0 spiro atoms. The third-order valence-corrected chi connectivity index (χ3v) is 5.35. The summed E-state index contributed by atoms with van der Waals surface area (Å²) < 4.78 is 29.1. The Bertz CT molecular complexity index is 392. The molecule has 2 rings (SSSR count). The molecule has 0 radical (unpaired) electrons. The molecule has 0 saturated heterocycles. The van der Waals surface area contributed by atoms with Crippen LogP contribution in [0.25, 0.3) is 0 Å². The standard InChI is InChI=1S/C13H21O4P/c1-4-15-18(14,16-5-2)13-9-10(3)11-7-6-8-12(11)17-13/h6,8-12H,4-5,7H2,1-3H3/t10-,11-,12+/m1/s1. The zero-order valence-corrected chi connectivity index (χ0v) is 12.1. The van der Waals surface area contributed by atoms with Crippen LogP contribution in [0.3, 0.4) is 0 Å². The molecule has 0 bridgehead atoms. The van der Waals surface area contributed by atoms with E-state index in [1.165, 1.54) is 0 Å². The SMILES string of the molecule is CCOP(=O)(OCC)C1=C[C@@H](C)[C@H]2CC=C[C@@H]2O1. The minimum Gasteiger partial charge on any atom is -0.478 e. The fourth-order valence-electron chi connectivity index (χ4n) is 2.47. The zero-order valence-electron chi connectivity index (χ0n) is 11.2. The van der Waals surface area contributed by atoms with E-state index in [0.717, 1.165) is 6.42 Å². The Balaban J connectivity index is 2.23. The Kier molecular flexibility index (Phi) is 4.31. The highest BCUT2D eigenvalue weighted by Gasteiger charge is 2.41. The first-order valence-corrected chi connectivity index (χ1v) is 8.09. The van der Waals surface area contributed by atoms with E-state index in [1.54, 1.807) is 13.8 Å². The normalized spacial score (nSPS) is 30.8. The van der Waals surface area contributed by atoms with Gasteiger partial charge in [-0.2, -0.15) is 0 Å². The highest BCUT2D eigenvalue weighted by molar-refractivity contribution is 7.58. The summed E-state index contributed by atoms with van der Waals surface area (Å²) in [7, 11) is -3.28. The van der Waals surface area contributed by atoms with Crippen LogP contribution in [-0.2, 0) is 18.3 Å². The highest BCUT2D eigenvalue weighted by atomic mass is 31.2. The molecule has 2 aliphatic rings. The Morgan fingerprint density at radius 2 is 2.06 bits per heavy atom. The molecule has 4 nitrogen and oxygen atoms in total. The van der Waals surface area contributed by atoms with Gasteiger partial charge in [-0.25, -0.2) is 0 Å². The average Bonchev–Trinajstić information content (AvgIpc) is 2.78. The van der Waals surface area contributed by atoms with E-state index in [9.17, 15) is 4.57 Å². The van der Waals surface area contributed by atoms with Gasteiger partial charge in [-0.1, -0.05) is 13.0 Å². The van der Waals surface area contributed by atoms with Gasteiger partial charge in [-0.05, 0) is 38.3 Å². The van der Waals surface area contributed by atoms with Gasteiger partial charge in [0, 0.05) is 5.92 Å². The van der Waals surface area contributed by atoms with Crippen LogP contribution in [0.4, 0.5) is 0 Å². The molecule has 1 aliphatic heterocycles. The van der Waals surface area contributed by atoms with Crippen molar-refractivity contribution < 1.29 is 18.3 Å². The van der Waals surface area contributed by atoms with Gasteiger partial charge in [0.15, 0.2) is 0 Å². The van der Waals surface area contributed by atoms with Gasteiger partial charge in [-0.15, -0.1) is 0 Å². The van der Waals surface area contributed by atoms with Crippen molar-refractivity contribution in [1.82, 2.24) is 0 Å². The average molecular weight is 272 g/mol. The minimum absolute atomic E-state index is 0.00855. The van der Waals surface area contributed by atoms with Crippen LogP contribution in [0.2, 0.25) is 0 Å². The monoisotopic (exact) mass is 272 g/mol. The molecule has 0 aromatic rings. The van der Waals surface area contributed by atoms with E-state index in [1.807, 2.05) is 12.2 Å². The van der Waals surface area contributed by atoms with E-state index in [4.69, 9.17) is 13.8 Å². The maximum absolute atomic E-state index is 12.6. The van der Waals surface area contributed by atoms with Crippen molar-refractivity contribution in [2.24, 2.45) is 11.8 Å². The molecule has 0 fully saturated rings. The number of rotatable bonds is 5. The fraction of sp³-hybridized carbons (Fsp3) is 0.692. The summed E-state index contributed by atoms with van der Waals surface area (Å²) in [6.07, 6.45) is 7.09. The molecule has 102 valence electrons. The maximum Gasteiger partial charge on any atom is 0.395 e. The van der Waals surface area contributed by atoms with Gasteiger partial charge in [0.1, 0.15) is 6.10 Å². The Hall–Kier alpha value is -0.570. The van der Waals surface area contributed by atoms with Crippen LogP contribution in [0.5, 0.6) is 0 Å². The molecule has 1 heterocycles. The van der Waals surface area contributed by atoms with Gasteiger partial charge in [0.2, 0.25) is 5.50 Å². The molecule has 0 aromatic heterocycles. The summed E-state index contributed by atoms with van der Waals surface area (Å²) in [6.45, 7) is 6.41. The van der Waals surface area contributed by atoms with E-state index < -0.39 is 7.60 Å².